The number of hydrogen-bond acceptors (Lipinski definition) is 2. The minimum absolute atomic E-state index is 0.759. The maximum atomic E-state index is 3.85. The molecule has 2 aliphatic rings. The number of likely N-dealkylation sites (tertiary alicyclic amines) is 1. The zero-order valence-corrected chi connectivity index (χ0v) is 11.8. The Morgan fingerprint density at radius 2 is 1.82 bits per heavy atom. The fourth-order valence-electron chi connectivity index (χ4n) is 3.55. The summed E-state index contributed by atoms with van der Waals surface area (Å²) in [6.07, 6.45) is 8.62. The molecule has 1 aliphatic heterocycles. The first-order chi connectivity index (χ1) is 8.31. The summed E-state index contributed by atoms with van der Waals surface area (Å²) in [7, 11) is 0. The van der Waals surface area contributed by atoms with Gasteiger partial charge in [-0.1, -0.05) is 33.1 Å². The number of piperidine rings is 1. The largest absolute Gasteiger partial charge is 0.312 e. The van der Waals surface area contributed by atoms with Gasteiger partial charge in [-0.2, -0.15) is 0 Å². The number of nitrogens with one attached hydrogen (secondary N) is 1. The minimum Gasteiger partial charge on any atom is -0.312 e. The minimum atomic E-state index is 0.759. The number of rotatable bonds is 5. The molecule has 0 aromatic heterocycles. The van der Waals surface area contributed by atoms with Crippen LogP contribution >= 0.6 is 0 Å². The third kappa shape index (κ3) is 3.96. The van der Waals surface area contributed by atoms with Gasteiger partial charge in [0.1, 0.15) is 0 Å². The van der Waals surface area contributed by atoms with Gasteiger partial charge < -0.3 is 10.2 Å². The van der Waals surface area contributed by atoms with Crippen molar-refractivity contribution in [1.29, 1.82) is 0 Å². The second-order valence-corrected chi connectivity index (χ2v) is 6.12. The highest BCUT2D eigenvalue weighted by Crippen LogP contribution is 2.25. The van der Waals surface area contributed by atoms with Crippen LogP contribution in [0.1, 0.15) is 52.4 Å². The van der Waals surface area contributed by atoms with Crippen LogP contribution in [0.25, 0.3) is 0 Å². The molecule has 0 bridgehead atoms. The highest BCUT2D eigenvalue weighted by molar-refractivity contribution is 4.83. The quantitative estimate of drug-likeness (QED) is 0.792. The van der Waals surface area contributed by atoms with E-state index in [4.69, 9.17) is 0 Å². The average molecular weight is 238 g/mol. The number of likely N-dealkylation sites (N-methyl/N-ethyl adjacent to an activating group) is 1. The standard InChI is InChI=1S/C15H30N2/c1-3-13-9-15(12-17(4-2)11-13)16-10-14-7-5-6-8-14/h13-16H,3-12H2,1-2H3. The third-order valence-electron chi connectivity index (χ3n) is 4.81. The van der Waals surface area contributed by atoms with E-state index in [0.29, 0.717) is 0 Å². The summed E-state index contributed by atoms with van der Waals surface area (Å²) in [5, 5.41) is 3.85. The van der Waals surface area contributed by atoms with Crippen molar-refractivity contribution in [2.75, 3.05) is 26.2 Å². The Morgan fingerprint density at radius 3 is 2.47 bits per heavy atom. The Balaban J connectivity index is 1.74. The van der Waals surface area contributed by atoms with Gasteiger partial charge in [-0.15, -0.1) is 0 Å². The van der Waals surface area contributed by atoms with Gasteiger partial charge in [-0.3, -0.25) is 0 Å². The molecule has 1 saturated heterocycles. The molecule has 1 aliphatic carbocycles. The molecule has 0 aromatic carbocycles. The summed E-state index contributed by atoms with van der Waals surface area (Å²) in [6.45, 7) is 9.75. The topological polar surface area (TPSA) is 15.3 Å². The molecule has 0 spiro atoms. The van der Waals surface area contributed by atoms with Gasteiger partial charge in [0, 0.05) is 19.1 Å². The molecule has 2 unspecified atom stereocenters. The van der Waals surface area contributed by atoms with Gasteiger partial charge in [0.05, 0.1) is 0 Å². The highest BCUT2D eigenvalue weighted by atomic mass is 15.2. The van der Waals surface area contributed by atoms with E-state index in [0.717, 1.165) is 17.9 Å². The second kappa shape index (κ2) is 6.75. The molecule has 0 aromatic rings. The van der Waals surface area contributed by atoms with E-state index >= 15 is 0 Å². The lowest BCUT2D eigenvalue weighted by Crippen LogP contribution is -2.49. The normalized spacial score (nSPS) is 32.1. The lowest BCUT2D eigenvalue weighted by molar-refractivity contribution is 0.142. The van der Waals surface area contributed by atoms with E-state index in [1.807, 2.05) is 0 Å². The summed E-state index contributed by atoms with van der Waals surface area (Å²) >= 11 is 0. The predicted octanol–water partition coefficient (Wildman–Crippen LogP) is 2.89. The highest BCUT2D eigenvalue weighted by Gasteiger charge is 2.26. The molecule has 2 fully saturated rings. The summed E-state index contributed by atoms with van der Waals surface area (Å²) in [4.78, 5) is 2.63. The lowest BCUT2D eigenvalue weighted by Gasteiger charge is -2.37. The van der Waals surface area contributed by atoms with Crippen LogP contribution in [0.3, 0.4) is 0 Å². The number of hydrogen-bond donors (Lipinski definition) is 1. The van der Waals surface area contributed by atoms with Gasteiger partial charge in [0.25, 0.3) is 0 Å². The molecule has 17 heavy (non-hydrogen) atoms. The maximum absolute atomic E-state index is 3.85. The average Bonchev–Trinajstić information content (AvgIpc) is 2.89. The molecule has 1 heterocycles. The first-order valence-corrected chi connectivity index (χ1v) is 7.77. The van der Waals surface area contributed by atoms with E-state index in [1.54, 1.807) is 0 Å². The monoisotopic (exact) mass is 238 g/mol. The molecule has 100 valence electrons. The fraction of sp³-hybridized carbons (Fsp3) is 1.00. The molecule has 1 saturated carbocycles. The van der Waals surface area contributed by atoms with E-state index in [9.17, 15) is 0 Å². The zero-order valence-electron chi connectivity index (χ0n) is 11.8. The molecule has 2 heteroatoms. The second-order valence-electron chi connectivity index (χ2n) is 6.12. The van der Waals surface area contributed by atoms with Crippen molar-refractivity contribution in [2.24, 2.45) is 11.8 Å². The third-order valence-corrected chi connectivity index (χ3v) is 4.81. The maximum Gasteiger partial charge on any atom is 0.0198 e. The summed E-state index contributed by atoms with van der Waals surface area (Å²) < 4.78 is 0. The van der Waals surface area contributed by atoms with Gasteiger partial charge in [-0.25, -0.2) is 0 Å². The van der Waals surface area contributed by atoms with Crippen LogP contribution in [-0.2, 0) is 0 Å². The molecule has 0 radical (unpaired) electrons. The molecule has 0 amide bonds. The van der Waals surface area contributed by atoms with Crippen molar-refractivity contribution in [1.82, 2.24) is 10.2 Å². The van der Waals surface area contributed by atoms with E-state index in [-0.39, 0.29) is 0 Å². The first-order valence-electron chi connectivity index (χ1n) is 7.77. The van der Waals surface area contributed by atoms with Crippen LogP contribution < -0.4 is 5.32 Å². The molecule has 2 atom stereocenters. The van der Waals surface area contributed by atoms with Crippen LogP contribution in [0.5, 0.6) is 0 Å². The Hall–Kier alpha value is -0.0800. The van der Waals surface area contributed by atoms with E-state index in [1.165, 1.54) is 64.7 Å². The summed E-state index contributed by atoms with van der Waals surface area (Å²) in [5.41, 5.74) is 0. The van der Waals surface area contributed by atoms with Crippen LogP contribution in [0.4, 0.5) is 0 Å². The van der Waals surface area contributed by atoms with Gasteiger partial charge >= 0.3 is 0 Å². The first kappa shape index (κ1) is 13.4. The van der Waals surface area contributed by atoms with Crippen molar-refractivity contribution >= 4 is 0 Å². The van der Waals surface area contributed by atoms with Gasteiger partial charge in [-0.05, 0) is 44.2 Å². The van der Waals surface area contributed by atoms with E-state index < -0.39 is 0 Å². The van der Waals surface area contributed by atoms with Gasteiger partial charge in [0.15, 0.2) is 0 Å². The molecular formula is C15H30N2. The van der Waals surface area contributed by atoms with Crippen LogP contribution in [0, 0.1) is 11.8 Å². The Bertz CT molecular complexity index is 199. The lowest BCUT2D eigenvalue weighted by atomic mass is 9.91. The smallest absolute Gasteiger partial charge is 0.0198 e. The Morgan fingerprint density at radius 1 is 1.06 bits per heavy atom. The van der Waals surface area contributed by atoms with Crippen molar-refractivity contribution in [3.63, 3.8) is 0 Å². The SMILES string of the molecule is CCC1CC(NCC2CCCC2)CN(CC)C1. The van der Waals surface area contributed by atoms with Crippen LogP contribution in [0.2, 0.25) is 0 Å². The summed E-state index contributed by atoms with van der Waals surface area (Å²) in [5.74, 6) is 1.90. The van der Waals surface area contributed by atoms with Crippen LogP contribution in [0.15, 0.2) is 0 Å². The van der Waals surface area contributed by atoms with Gasteiger partial charge in [0.2, 0.25) is 0 Å². The molecule has 2 nitrogen and oxygen atoms in total. The van der Waals surface area contributed by atoms with Crippen molar-refractivity contribution in [2.45, 2.75) is 58.4 Å². The molecular weight excluding hydrogens is 208 g/mol. The van der Waals surface area contributed by atoms with E-state index in [2.05, 4.69) is 24.1 Å². The number of nitrogens with zero attached hydrogens (tertiary/aromatic N) is 1. The van der Waals surface area contributed by atoms with Crippen LogP contribution in [-0.4, -0.2) is 37.1 Å². The molecule has 1 N–H and O–H groups in total. The zero-order chi connectivity index (χ0) is 12.1. The van der Waals surface area contributed by atoms with Crippen molar-refractivity contribution in [3.8, 4) is 0 Å². The molecule has 2 rings (SSSR count). The summed E-state index contributed by atoms with van der Waals surface area (Å²) in [6, 6.07) is 0.759. The predicted molar refractivity (Wildman–Crippen MR) is 74.3 cm³/mol. The Labute approximate surface area is 107 Å². The fourth-order valence-corrected chi connectivity index (χ4v) is 3.55. The van der Waals surface area contributed by atoms with Crippen molar-refractivity contribution < 1.29 is 0 Å². The Kier molecular flexibility index (Phi) is 5.30. The van der Waals surface area contributed by atoms with Crippen molar-refractivity contribution in [3.05, 3.63) is 0 Å².